The number of hydrogen-bond acceptors (Lipinski definition) is 3. The summed E-state index contributed by atoms with van der Waals surface area (Å²) in [6, 6.07) is 2.88. The molecule has 0 bridgehead atoms. The maximum absolute atomic E-state index is 12.8. The summed E-state index contributed by atoms with van der Waals surface area (Å²) in [6.45, 7) is 3.54. The van der Waals surface area contributed by atoms with E-state index in [4.69, 9.17) is 0 Å². The molecule has 2 aliphatic carbocycles. The zero-order valence-electron chi connectivity index (χ0n) is 13.1. The number of amides is 1. The van der Waals surface area contributed by atoms with Crippen LogP contribution >= 0.6 is 0 Å². The minimum atomic E-state index is -0.495. The van der Waals surface area contributed by atoms with Gasteiger partial charge in [0.15, 0.2) is 0 Å². The highest BCUT2D eigenvalue weighted by molar-refractivity contribution is 5.80. The standard InChI is InChI=1S/C17H23N3O2/c1-11(17(22)19-9-13-3-2-4-14(13)10-19)20-16(21)8-7-15(18-20)12-5-6-12/h7-8,11-14H,2-6,9-10H2,1H3. The van der Waals surface area contributed by atoms with Crippen LogP contribution in [0, 0.1) is 11.8 Å². The summed E-state index contributed by atoms with van der Waals surface area (Å²) >= 11 is 0. The summed E-state index contributed by atoms with van der Waals surface area (Å²) in [7, 11) is 0. The summed E-state index contributed by atoms with van der Waals surface area (Å²) in [4.78, 5) is 26.8. The highest BCUT2D eigenvalue weighted by Crippen LogP contribution is 2.39. The molecule has 0 aromatic carbocycles. The molecule has 0 radical (unpaired) electrons. The molecule has 3 unspecified atom stereocenters. The van der Waals surface area contributed by atoms with Crippen molar-refractivity contribution in [1.82, 2.24) is 14.7 Å². The Kier molecular flexibility index (Phi) is 3.31. The van der Waals surface area contributed by atoms with E-state index in [2.05, 4.69) is 5.10 Å². The van der Waals surface area contributed by atoms with E-state index in [0.717, 1.165) is 31.6 Å². The van der Waals surface area contributed by atoms with Crippen molar-refractivity contribution in [2.24, 2.45) is 11.8 Å². The Hall–Kier alpha value is -1.65. The van der Waals surface area contributed by atoms with Crippen molar-refractivity contribution in [1.29, 1.82) is 0 Å². The quantitative estimate of drug-likeness (QED) is 0.857. The molecule has 3 aliphatic rings. The van der Waals surface area contributed by atoms with E-state index in [-0.39, 0.29) is 11.5 Å². The summed E-state index contributed by atoms with van der Waals surface area (Å²) in [5.41, 5.74) is 0.780. The fourth-order valence-electron chi connectivity index (χ4n) is 4.10. The molecule has 1 aliphatic heterocycles. The van der Waals surface area contributed by atoms with E-state index < -0.39 is 6.04 Å². The fourth-order valence-corrected chi connectivity index (χ4v) is 4.10. The molecule has 5 heteroatoms. The van der Waals surface area contributed by atoms with Gasteiger partial charge in [-0.25, -0.2) is 4.68 Å². The second kappa shape index (κ2) is 5.21. The van der Waals surface area contributed by atoms with Crippen LogP contribution in [0.25, 0.3) is 0 Å². The molecule has 22 heavy (non-hydrogen) atoms. The summed E-state index contributed by atoms with van der Waals surface area (Å²) in [6.07, 6.45) is 6.08. The smallest absolute Gasteiger partial charge is 0.267 e. The maximum atomic E-state index is 12.8. The van der Waals surface area contributed by atoms with Crippen molar-refractivity contribution in [3.05, 3.63) is 28.2 Å². The molecule has 0 N–H and O–H groups in total. The van der Waals surface area contributed by atoms with E-state index in [1.165, 1.54) is 23.9 Å². The van der Waals surface area contributed by atoms with Gasteiger partial charge in [-0.1, -0.05) is 6.42 Å². The molecule has 5 nitrogen and oxygen atoms in total. The topological polar surface area (TPSA) is 55.2 Å². The molecular formula is C17H23N3O2. The lowest BCUT2D eigenvalue weighted by atomic mass is 10.0. The molecule has 0 spiro atoms. The summed E-state index contributed by atoms with van der Waals surface area (Å²) in [5.74, 6) is 1.90. The normalized spacial score (nSPS) is 28.7. The van der Waals surface area contributed by atoms with Crippen molar-refractivity contribution in [2.45, 2.75) is 51.0 Å². The molecule has 1 aromatic heterocycles. The Morgan fingerprint density at radius 3 is 2.50 bits per heavy atom. The van der Waals surface area contributed by atoms with Crippen LogP contribution in [0.1, 0.15) is 56.7 Å². The first kappa shape index (κ1) is 14.0. The number of rotatable bonds is 3. The Morgan fingerprint density at radius 1 is 1.18 bits per heavy atom. The third kappa shape index (κ3) is 2.36. The predicted molar refractivity (Wildman–Crippen MR) is 82.6 cm³/mol. The van der Waals surface area contributed by atoms with Crippen molar-refractivity contribution in [2.75, 3.05) is 13.1 Å². The Morgan fingerprint density at radius 2 is 1.86 bits per heavy atom. The van der Waals surface area contributed by atoms with Gasteiger partial charge in [0, 0.05) is 25.1 Å². The first-order valence-electron chi connectivity index (χ1n) is 8.52. The minimum Gasteiger partial charge on any atom is -0.340 e. The predicted octanol–water partition coefficient (Wildman–Crippen LogP) is 1.94. The summed E-state index contributed by atoms with van der Waals surface area (Å²) < 4.78 is 1.39. The van der Waals surface area contributed by atoms with Crippen LogP contribution in [0.15, 0.2) is 16.9 Å². The molecule has 1 amide bonds. The largest absolute Gasteiger partial charge is 0.340 e. The molecule has 4 rings (SSSR count). The lowest BCUT2D eigenvalue weighted by Gasteiger charge is -2.22. The van der Waals surface area contributed by atoms with E-state index >= 15 is 0 Å². The number of hydrogen-bond donors (Lipinski definition) is 0. The van der Waals surface area contributed by atoms with Crippen molar-refractivity contribution < 1.29 is 4.79 Å². The zero-order valence-corrected chi connectivity index (χ0v) is 13.1. The number of nitrogens with zero attached hydrogens (tertiary/aromatic N) is 3. The monoisotopic (exact) mass is 301 g/mol. The van der Waals surface area contributed by atoms with Gasteiger partial charge in [0.05, 0.1) is 5.69 Å². The molecular weight excluding hydrogens is 278 g/mol. The summed E-state index contributed by atoms with van der Waals surface area (Å²) in [5, 5.41) is 4.46. The number of carbonyl (C=O) groups excluding carboxylic acids is 1. The average Bonchev–Trinajstić information content (AvgIpc) is 3.14. The molecule has 1 saturated heterocycles. The highest BCUT2D eigenvalue weighted by atomic mass is 16.2. The van der Waals surface area contributed by atoms with Crippen LogP contribution in [0.2, 0.25) is 0 Å². The second-order valence-electron chi connectivity index (χ2n) is 7.19. The molecule has 2 saturated carbocycles. The zero-order chi connectivity index (χ0) is 15.3. The average molecular weight is 301 g/mol. The Labute approximate surface area is 130 Å². The van der Waals surface area contributed by atoms with Crippen LogP contribution in [0.4, 0.5) is 0 Å². The minimum absolute atomic E-state index is 0.0527. The van der Waals surface area contributed by atoms with Crippen LogP contribution in [-0.2, 0) is 4.79 Å². The number of fused-ring (bicyclic) bond motifs is 1. The van der Waals surface area contributed by atoms with Gasteiger partial charge in [-0.15, -0.1) is 0 Å². The van der Waals surface area contributed by atoms with E-state index in [9.17, 15) is 9.59 Å². The van der Waals surface area contributed by atoms with Gasteiger partial charge < -0.3 is 4.90 Å². The lowest BCUT2D eigenvalue weighted by Crippen LogP contribution is -2.39. The first-order valence-corrected chi connectivity index (χ1v) is 8.52. The van der Waals surface area contributed by atoms with Gasteiger partial charge in [0.2, 0.25) is 5.91 Å². The molecule has 118 valence electrons. The molecule has 1 aromatic rings. The number of likely N-dealkylation sites (tertiary alicyclic amines) is 1. The van der Waals surface area contributed by atoms with Gasteiger partial charge in [-0.2, -0.15) is 5.10 Å². The first-order chi connectivity index (χ1) is 10.6. The van der Waals surface area contributed by atoms with Crippen LogP contribution in [0.5, 0.6) is 0 Å². The van der Waals surface area contributed by atoms with Crippen LogP contribution in [-0.4, -0.2) is 33.7 Å². The van der Waals surface area contributed by atoms with Crippen molar-refractivity contribution in [3.63, 3.8) is 0 Å². The van der Waals surface area contributed by atoms with Gasteiger partial charge in [0.1, 0.15) is 6.04 Å². The van der Waals surface area contributed by atoms with Gasteiger partial charge in [0.25, 0.3) is 5.56 Å². The van der Waals surface area contributed by atoms with Gasteiger partial charge in [-0.3, -0.25) is 9.59 Å². The third-order valence-electron chi connectivity index (χ3n) is 5.60. The highest BCUT2D eigenvalue weighted by Gasteiger charge is 2.39. The van der Waals surface area contributed by atoms with E-state index in [0.29, 0.717) is 17.8 Å². The van der Waals surface area contributed by atoms with Crippen LogP contribution in [0.3, 0.4) is 0 Å². The molecule has 2 heterocycles. The number of aromatic nitrogens is 2. The fraction of sp³-hybridized carbons (Fsp3) is 0.706. The number of carbonyl (C=O) groups is 1. The van der Waals surface area contributed by atoms with Crippen molar-refractivity contribution in [3.8, 4) is 0 Å². The van der Waals surface area contributed by atoms with Crippen molar-refractivity contribution >= 4 is 5.91 Å². The van der Waals surface area contributed by atoms with Crippen LogP contribution < -0.4 is 5.56 Å². The maximum Gasteiger partial charge on any atom is 0.267 e. The van der Waals surface area contributed by atoms with Gasteiger partial charge in [-0.05, 0) is 50.5 Å². The SMILES string of the molecule is CC(C(=O)N1CC2CCCC2C1)n1nc(C2CC2)ccc1=O. The second-order valence-corrected chi connectivity index (χ2v) is 7.19. The third-order valence-corrected chi connectivity index (χ3v) is 5.60. The van der Waals surface area contributed by atoms with Gasteiger partial charge >= 0.3 is 0 Å². The van der Waals surface area contributed by atoms with E-state index in [1.54, 1.807) is 6.07 Å². The molecule has 3 fully saturated rings. The molecule has 3 atom stereocenters. The Bertz CT molecular complexity index is 638. The van der Waals surface area contributed by atoms with E-state index in [1.807, 2.05) is 17.9 Å². The Balaban J connectivity index is 1.53. The lowest BCUT2D eigenvalue weighted by molar-refractivity contribution is -0.133.